The number of hydrogen-bond acceptors (Lipinski definition) is 0. The molecule has 147 valence electrons. The first-order valence-electron chi connectivity index (χ1n) is 9.63. The van der Waals surface area contributed by atoms with E-state index in [1.807, 2.05) is 9.84 Å². The van der Waals surface area contributed by atoms with E-state index in [1.165, 1.54) is 18.4 Å². The summed E-state index contributed by atoms with van der Waals surface area (Å²) in [4.78, 5) is 0. The van der Waals surface area contributed by atoms with Crippen molar-refractivity contribution in [2.24, 2.45) is 5.92 Å². The van der Waals surface area contributed by atoms with Crippen LogP contribution in [0.4, 0.5) is 0 Å². The first-order chi connectivity index (χ1) is 11.7. The molecule has 3 aliphatic rings. The SMILES string of the molecule is CC1=CC(C)[C]([Zr+2]([C]2=C(C)C=C(C)C2)([C]2=C(C)C=C(C)C2)=[Si](C)C)=C1.[Cl-].[Cl-]. The summed E-state index contributed by atoms with van der Waals surface area (Å²) >= 11 is -2.84. The van der Waals surface area contributed by atoms with E-state index in [1.54, 1.807) is 22.3 Å². The first kappa shape index (κ1) is 25.2. The van der Waals surface area contributed by atoms with Crippen LogP contribution in [0.2, 0.25) is 13.1 Å². The maximum Gasteiger partial charge on any atom is -1.00 e. The Hall–Kier alpha value is 0.120. The van der Waals surface area contributed by atoms with Crippen molar-refractivity contribution in [1.29, 1.82) is 0 Å². The number of halogens is 2. The van der Waals surface area contributed by atoms with E-state index in [4.69, 9.17) is 0 Å². The summed E-state index contributed by atoms with van der Waals surface area (Å²) in [6, 6.07) is 0. The Bertz CT molecular complexity index is 841. The van der Waals surface area contributed by atoms with E-state index in [0.717, 1.165) is 0 Å². The van der Waals surface area contributed by atoms with Crippen molar-refractivity contribution in [2.75, 3.05) is 0 Å². The maximum absolute atomic E-state index is 2.84. The third-order valence-corrected chi connectivity index (χ3v) is 35.0. The van der Waals surface area contributed by atoms with Crippen molar-refractivity contribution in [2.45, 2.75) is 67.5 Å². The fourth-order valence-corrected chi connectivity index (χ4v) is 37.1. The van der Waals surface area contributed by atoms with Gasteiger partial charge in [-0.25, -0.2) is 0 Å². The monoisotopic (exact) mass is 497 g/mol. The van der Waals surface area contributed by atoms with Crippen molar-refractivity contribution >= 4 is 5.43 Å². The van der Waals surface area contributed by atoms with Crippen LogP contribution in [-0.2, 0) is 18.9 Å². The van der Waals surface area contributed by atoms with Crippen LogP contribution >= 0.6 is 0 Å². The summed E-state index contributed by atoms with van der Waals surface area (Å²) in [5.74, 6) is 0.637. The second-order valence-corrected chi connectivity index (χ2v) is 30.6. The van der Waals surface area contributed by atoms with Gasteiger partial charge in [0.2, 0.25) is 0 Å². The number of allylic oxidation sites excluding steroid dienone is 12. The van der Waals surface area contributed by atoms with E-state index >= 15 is 0 Å². The first-order valence-corrected chi connectivity index (χ1v) is 19.5. The summed E-state index contributed by atoms with van der Waals surface area (Å²) in [7, 11) is 0. The zero-order valence-electron chi connectivity index (χ0n) is 18.1. The van der Waals surface area contributed by atoms with Crippen LogP contribution in [0.3, 0.4) is 0 Å². The second-order valence-electron chi connectivity index (χ2n) is 8.71. The Kier molecular flexibility index (Phi) is 8.66. The molecule has 0 aromatic rings. The summed E-state index contributed by atoms with van der Waals surface area (Å²) < 4.78 is 5.69. The molecule has 0 aromatic carbocycles. The molecule has 1 atom stereocenters. The molecule has 0 nitrogen and oxygen atoms in total. The predicted octanol–water partition coefficient (Wildman–Crippen LogP) is 1.13. The van der Waals surface area contributed by atoms with Gasteiger partial charge in [0.25, 0.3) is 0 Å². The largest absolute Gasteiger partial charge is 1.00 e. The molecule has 3 aliphatic carbocycles. The zero-order chi connectivity index (χ0) is 18.5. The molecule has 0 bridgehead atoms. The van der Waals surface area contributed by atoms with Gasteiger partial charge >= 0.3 is 160 Å². The predicted molar refractivity (Wildman–Crippen MR) is 111 cm³/mol. The average molecular weight is 500 g/mol. The van der Waals surface area contributed by atoms with Crippen molar-refractivity contribution in [1.82, 2.24) is 0 Å². The van der Waals surface area contributed by atoms with Gasteiger partial charge in [-0.05, 0) is 0 Å². The van der Waals surface area contributed by atoms with Crippen LogP contribution in [0.1, 0.15) is 54.4 Å². The fraction of sp³-hybridized carbons (Fsp3) is 0.478. The Balaban J connectivity index is 0.00000182. The van der Waals surface area contributed by atoms with E-state index in [2.05, 4.69) is 78.9 Å². The molecule has 0 spiro atoms. The molecule has 27 heavy (non-hydrogen) atoms. The van der Waals surface area contributed by atoms with Crippen LogP contribution in [0.25, 0.3) is 0 Å². The van der Waals surface area contributed by atoms with Crippen LogP contribution in [0.5, 0.6) is 0 Å². The minimum absolute atomic E-state index is 0. The Labute approximate surface area is 183 Å². The summed E-state index contributed by atoms with van der Waals surface area (Å²) in [5, 5.41) is 0. The van der Waals surface area contributed by atoms with Gasteiger partial charge < -0.3 is 24.8 Å². The molecular formula is C23H33Cl2SiZr. The van der Waals surface area contributed by atoms with Gasteiger partial charge in [0, 0.05) is 0 Å². The van der Waals surface area contributed by atoms with Gasteiger partial charge in [0.15, 0.2) is 0 Å². The zero-order valence-corrected chi connectivity index (χ0v) is 23.0. The normalized spacial score (nSPS) is 21.6. The minimum Gasteiger partial charge on any atom is -1.00 e. The number of rotatable bonds is 3. The van der Waals surface area contributed by atoms with Gasteiger partial charge in [-0.2, -0.15) is 0 Å². The third kappa shape index (κ3) is 4.20. The summed E-state index contributed by atoms with van der Waals surface area (Å²) in [5.41, 5.74) is 7.45. The molecule has 3 rings (SSSR count). The Morgan fingerprint density at radius 3 is 1.52 bits per heavy atom. The standard InChI is InChI=1S/3C7H9.C2H6Si.2ClH.Zr/c3*1-6-3-4-7(2)5-6;1-3-2;;;/h2*5H,3H2,1-2H3;3,5,7H,1-2H3;1-2H3;2*1H;/q;;;;;;+2/p-2. The van der Waals surface area contributed by atoms with Gasteiger partial charge in [0.05, 0.1) is 0 Å². The minimum atomic E-state index is -2.84. The van der Waals surface area contributed by atoms with Crippen LogP contribution in [0, 0.1) is 5.92 Å². The van der Waals surface area contributed by atoms with Crippen molar-refractivity contribution in [3.8, 4) is 0 Å². The van der Waals surface area contributed by atoms with Crippen molar-refractivity contribution in [3.63, 3.8) is 0 Å². The Morgan fingerprint density at radius 2 is 1.26 bits per heavy atom. The van der Waals surface area contributed by atoms with Crippen LogP contribution in [-0.4, -0.2) is 5.43 Å². The molecule has 0 amide bonds. The molecule has 0 aliphatic heterocycles. The van der Waals surface area contributed by atoms with Crippen molar-refractivity contribution < 1.29 is 43.7 Å². The van der Waals surface area contributed by atoms with Crippen LogP contribution in [0.15, 0.2) is 62.0 Å². The van der Waals surface area contributed by atoms with Gasteiger partial charge in [0.1, 0.15) is 0 Å². The van der Waals surface area contributed by atoms with Gasteiger partial charge in [-0.1, -0.05) is 0 Å². The molecule has 4 heteroatoms. The molecule has 0 saturated heterocycles. The molecule has 0 radical (unpaired) electrons. The smallest absolute Gasteiger partial charge is 1.00 e. The quantitative estimate of drug-likeness (QED) is 0.511. The molecule has 0 heterocycles. The van der Waals surface area contributed by atoms with E-state index < -0.39 is 24.3 Å². The van der Waals surface area contributed by atoms with E-state index in [0.29, 0.717) is 5.92 Å². The summed E-state index contributed by atoms with van der Waals surface area (Å²) in [6.07, 6.45) is 12.6. The molecule has 0 aromatic heterocycles. The topological polar surface area (TPSA) is 0 Å². The second kappa shape index (κ2) is 9.29. The Morgan fingerprint density at radius 1 is 0.815 bits per heavy atom. The summed E-state index contributed by atoms with van der Waals surface area (Å²) in [6.45, 7) is 19.5. The third-order valence-electron chi connectivity index (χ3n) is 6.26. The van der Waals surface area contributed by atoms with Crippen LogP contribution < -0.4 is 24.8 Å². The molecular weight excluding hydrogens is 466 g/mol. The maximum atomic E-state index is 2.63. The van der Waals surface area contributed by atoms with Gasteiger partial charge in [-0.3, -0.25) is 0 Å². The number of hydrogen-bond donors (Lipinski definition) is 0. The average Bonchev–Trinajstić information content (AvgIpc) is 3.11. The van der Waals surface area contributed by atoms with E-state index in [-0.39, 0.29) is 24.8 Å². The van der Waals surface area contributed by atoms with Crippen molar-refractivity contribution in [3.05, 3.63) is 62.0 Å². The fourth-order valence-electron chi connectivity index (χ4n) is 5.49. The molecule has 1 unspecified atom stereocenters. The molecule has 0 N–H and O–H groups in total. The molecule has 0 fully saturated rings. The van der Waals surface area contributed by atoms with E-state index in [9.17, 15) is 0 Å². The van der Waals surface area contributed by atoms with Gasteiger partial charge in [-0.15, -0.1) is 0 Å². The molecule has 0 saturated carbocycles.